The number of hydrogen-bond acceptors (Lipinski definition) is 4. The van der Waals surface area contributed by atoms with Gasteiger partial charge in [-0.1, -0.05) is 27.7 Å². The molecule has 6 nitrogen and oxygen atoms in total. The summed E-state index contributed by atoms with van der Waals surface area (Å²) in [5, 5.41) is 2.77. The molecule has 2 rings (SSSR count). The van der Waals surface area contributed by atoms with Crippen molar-refractivity contribution >= 4 is 33.0 Å². The molecule has 0 aromatic heterocycles. The molecule has 0 unspecified atom stereocenters. The number of fused-ring (bicyclic) bond motifs is 1. The molecule has 0 saturated heterocycles. The van der Waals surface area contributed by atoms with Crippen molar-refractivity contribution in [1.29, 1.82) is 0 Å². The van der Waals surface area contributed by atoms with Crippen LogP contribution < -0.4 is 10.2 Å². The molecule has 1 heterocycles. The Balaban J connectivity index is 2.54. The lowest BCUT2D eigenvalue weighted by Crippen LogP contribution is -2.51. The average Bonchev–Trinajstić information content (AvgIpc) is 2.45. The Morgan fingerprint density at radius 1 is 1.20 bits per heavy atom. The van der Waals surface area contributed by atoms with Gasteiger partial charge < -0.3 is 5.32 Å². The summed E-state index contributed by atoms with van der Waals surface area (Å²) in [6.45, 7) is 7.90. The molecule has 1 aromatic carbocycles. The minimum atomic E-state index is -3.40. The van der Waals surface area contributed by atoms with Crippen molar-refractivity contribution in [2.45, 2.75) is 51.5 Å². The lowest BCUT2D eigenvalue weighted by molar-refractivity contribution is -0.124. The Morgan fingerprint density at radius 2 is 1.84 bits per heavy atom. The van der Waals surface area contributed by atoms with Crippen molar-refractivity contribution in [2.24, 2.45) is 11.8 Å². The van der Waals surface area contributed by atoms with Gasteiger partial charge in [-0.15, -0.1) is 0 Å². The number of nitrogens with one attached hydrogen (secondary N) is 1. The summed E-state index contributed by atoms with van der Waals surface area (Å²) in [6, 6.07) is 3.93. The number of anilines is 2. The van der Waals surface area contributed by atoms with Gasteiger partial charge in [-0.3, -0.25) is 14.5 Å². The minimum Gasteiger partial charge on any atom is -0.322 e. The van der Waals surface area contributed by atoms with Crippen molar-refractivity contribution in [3.05, 3.63) is 18.2 Å². The molecule has 0 spiro atoms. The van der Waals surface area contributed by atoms with Crippen molar-refractivity contribution < 1.29 is 18.0 Å². The summed E-state index contributed by atoms with van der Waals surface area (Å²) in [5.41, 5.74) is 0.924. The second-order valence-electron chi connectivity index (χ2n) is 7.45. The number of rotatable bonds is 5. The Labute approximate surface area is 149 Å². The van der Waals surface area contributed by atoms with E-state index in [0.29, 0.717) is 24.2 Å². The second-order valence-corrected chi connectivity index (χ2v) is 9.46. The maximum atomic E-state index is 12.8. The van der Waals surface area contributed by atoms with Crippen molar-refractivity contribution in [3.63, 3.8) is 0 Å². The highest BCUT2D eigenvalue weighted by molar-refractivity contribution is 7.90. The molecule has 138 valence electrons. The smallest absolute Gasteiger partial charge is 0.247 e. The zero-order valence-corrected chi connectivity index (χ0v) is 16.2. The van der Waals surface area contributed by atoms with Gasteiger partial charge in [-0.25, -0.2) is 8.42 Å². The largest absolute Gasteiger partial charge is 0.322 e. The Bertz CT molecular complexity index is 784. The first-order valence-corrected chi connectivity index (χ1v) is 10.4. The zero-order valence-electron chi connectivity index (χ0n) is 15.4. The number of hydrogen-bond donors (Lipinski definition) is 1. The van der Waals surface area contributed by atoms with Crippen LogP contribution in [-0.4, -0.2) is 32.5 Å². The Morgan fingerprint density at radius 3 is 2.36 bits per heavy atom. The second kappa shape index (κ2) is 7.15. The summed E-state index contributed by atoms with van der Waals surface area (Å²) < 4.78 is 23.6. The van der Waals surface area contributed by atoms with Crippen molar-refractivity contribution in [3.8, 4) is 0 Å². The molecule has 0 aliphatic carbocycles. The van der Waals surface area contributed by atoms with Crippen LogP contribution in [0.1, 0.15) is 40.5 Å². The molecule has 1 aliphatic heterocycles. The maximum Gasteiger partial charge on any atom is 0.247 e. The highest BCUT2D eigenvalue weighted by Gasteiger charge is 2.37. The predicted octanol–water partition coefficient (Wildman–Crippen LogP) is 2.84. The molecule has 25 heavy (non-hydrogen) atoms. The van der Waals surface area contributed by atoms with Crippen LogP contribution in [0.4, 0.5) is 11.4 Å². The summed E-state index contributed by atoms with van der Waals surface area (Å²) in [5.74, 6) is 0.00526. The summed E-state index contributed by atoms with van der Waals surface area (Å²) >= 11 is 0. The number of nitrogens with zero attached hydrogens (tertiary/aromatic N) is 1. The van der Waals surface area contributed by atoms with Gasteiger partial charge in [0.1, 0.15) is 6.04 Å². The topological polar surface area (TPSA) is 83.6 Å². The molecule has 0 bridgehead atoms. The molecule has 0 fully saturated rings. The van der Waals surface area contributed by atoms with Gasteiger partial charge >= 0.3 is 0 Å². The first-order chi connectivity index (χ1) is 11.5. The van der Waals surface area contributed by atoms with Gasteiger partial charge in [0.15, 0.2) is 9.84 Å². The monoisotopic (exact) mass is 366 g/mol. The van der Waals surface area contributed by atoms with E-state index in [1.807, 2.05) is 27.7 Å². The van der Waals surface area contributed by atoms with E-state index in [0.717, 1.165) is 6.26 Å². The van der Waals surface area contributed by atoms with E-state index >= 15 is 0 Å². The average molecular weight is 366 g/mol. The number of carbonyl (C=O) groups excluding carboxylic acids is 2. The molecule has 1 aromatic rings. The van der Waals surface area contributed by atoms with Gasteiger partial charge in [-0.2, -0.15) is 0 Å². The van der Waals surface area contributed by atoms with Gasteiger partial charge in [0, 0.05) is 12.7 Å². The first-order valence-electron chi connectivity index (χ1n) is 8.47. The van der Waals surface area contributed by atoms with Crippen LogP contribution in [0.25, 0.3) is 0 Å². The molecule has 1 N–H and O–H groups in total. The fourth-order valence-electron chi connectivity index (χ4n) is 2.97. The normalized spacial score (nSPS) is 17.6. The van der Waals surface area contributed by atoms with Gasteiger partial charge in [-0.05, 0) is 36.5 Å². The quantitative estimate of drug-likeness (QED) is 0.868. The van der Waals surface area contributed by atoms with Crippen LogP contribution in [-0.2, 0) is 19.4 Å². The van der Waals surface area contributed by atoms with E-state index < -0.39 is 15.9 Å². The standard InChI is InChI=1S/C18H26N2O4S/c1-11(2)8-16-18(22)19-14-10-13(25(5,23)24)6-7-15(14)20(16)17(21)9-12(3)4/h6-7,10-12,16H,8-9H2,1-5H3,(H,19,22)/t16-/m0/s1. The first kappa shape index (κ1) is 19.4. The highest BCUT2D eigenvalue weighted by Crippen LogP contribution is 2.36. The van der Waals surface area contributed by atoms with Crippen LogP contribution >= 0.6 is 0 Å². The van der Waals surface area contributed by atoms with E-state index in [2.05, 4.69) is 5.32 Å². The van der Waals surface area contributed by atoms with Crippen LogP contribution in [0.2, 0.25) is 0 Å². The third-order valence-electron chi connectivity index (χ3n) is 4.07. The highest BCUT2D eigenvalue weighted by atomic mass is 32.2. The molecule has 0 radical (unpaired) electrons. The van der Waals surface area contributed by atoms with E-state index in [-0.39, 0.29) is 28.5 Å². The molecule has 2 amide bonds. The maximum absolute atomic E-state index is 12.8. The van der Waals surface area contributed by atoms with E-state index in [9.17, 15) is 18.0 Å². The fraction of sp³-hybridized carbons (Fsp3) is 0.556. The van der Waals surface area contributed by atoms with Crippen molar-refractivity contribution in [1.82, 2.24) is 0 Å². The summed E-state index contributed by atoms with van der Waals surface area (Å²) in [4.78, 5) is 27.1. The molecular formula is C18H26N2O4S. The minimum absolute atomic E-state index is 0.116. The Hall–Kier alpha value is -1.89. The van der Waals surface area contributed by atoms with Crippen LogP contribution in [0.5, 0.6) is 0 Å². The third-order valence-corrected chi connectivity index (χ3v) is 5.18. The van der Waals surface area contributed by atoms with Crippen LogP contribution in [0, 0.1) is 11.8 Å². The number of amides is 2. The molecule has 1 aliphatic rings. The third kappa shape index (κ3) is 4.39. The molecule has 7 heteroatoms. The number of carbonyl (C=O) groups is 2. The van der Waals surface area contributed by atoms with Gasteiger partial charge in [0.05, 0.1) is 16.3 Å². The lowest BCUT2D eigenvalue weighted by Gasteiger charge is -2.37. The number of sulfone groups is 1. The molecule has 1 atom stereocenters. The fourth-order valence-corrected chi connectivity index (χ4v) is 3.62. The SMILES string of the molecule is CC(C)CC(=O)N1c2ccc(S(C)(=O)=O)cc2NC(=O)[C@@H]1CC(C)C. The number of benzene rings is 1. The van der Waals surface area contributed by atoms with E-state index in [4.69, 9.17) is 0 Å². The zero-order chi connectivity index (χ0) is 18.9. The van der Waals surface area contributed by atoms with Crippen molar-refractivity contribution in [2.75, 3.05) is 16.5 Å². The Kier molecular flexibility index (Phi) is 5.56. The van der Waals surface area contributed by atoms with E-state index in [1.165, 1.54) is 12.1 Å². The van der Waals surface area contributed by atoms with Crippen LogP contribution in [0.3, 0.4) is 0 Å². The molecular weight excluding hydrogens is 340 g/mol. The lowest BCUT2D eigenvalue weighted by atomic mass is 9.97. The predicted molar refractivity (Wildman–Crippen MR) is 98.4 cm³/mol. The van der Waals surface area contributed by atoms with Gasteiger partial charge in [0.2, 0.25) is 11.8 Å². The van der Waals surface area contributed by atoms with Gasteiger partial charge in [0.25, 0.3) is 0 Å². The van der Waals surface area contributed by atoms with E-state index in [1.54, 1.807) is 11.0 Å². The molecule has 0 saturated carbocycles. The summed E-state index contributed by atoms with van der Waals surface area (Å²) in [7, 11) is -3.40. The summed E-state index contributed by atoms with van der Waals surface area (Å²) in [6.07, 6.45) is 1.99. The van der Waals surface area contributed by atoms with Crippen LogP contribution in [0.15, 0.2) is 23.1 Å².